The first-order valence-corrected chi connectivity index (χ1v) is 12.6. The van der Waals surface area contributed by atoms with Crippen molar-refractivity contribution in [1.82, 2.24) is 9.88 Å². The van der Waals surface area contributed by atoms with Crippen molar-refractivity contribution in [1.29, 1.82) is 0 Å². The van der Waals surface area contributed by atoms with Crippen molar-refractivity contribution >= 4 is 39.1 Å². The Balaban J connectivity index is 1.23. The number of thiazole rings is 1. The highest BCUT2D eigenvalue weighted by Crippen LogP contribution is 2.32. The zero-order valence-corrected chi connectivity index (χ0v) is 20.4. The summed E-state index contributed by atoms with van der Waals surface area (Å²) in [4.78, 5) is 32.9. The van der Waals surface area contributed by atoms with Gasteiger partial charge in [0.05, 0.1) is 16.5 Å². The van der Waals surface area contributed by atoms with E-state index in [0.717, 1.165) is 31.9 Å². The van der Waals surface area contributed by atoms with Crippen LogP contribution in [0.1, 0.15) is 27.2 Å². The average molecular weight is 494 g/mol. The third kappa shape index (κ3) is 4.18. The summed E-state index contributed by atoms with van der Waals surface area (Å²) in [5.74, 6) is -0.300. The number of carbonyl (C=O) groups excluding carboxylic acids is 2. The van der Waals surface area contributed by atoms with Crippen LogP contribution in [0.2, 0.25) is 0 Å². The molecule has 178 valence electrons. The van der Waals surface area contributed by atoms with Crippen LogP contribution in [0, 0.1) is 6.92 Å². The standard InChI is InChI=1S/C29H23N3O3S/c1-18-8-13-23-26(15-18)36-28(31-23)19-9-11-22(12-10-19)30-27(33)24-16-20-5-2-3-6-21(20)17-32(24)29(34)25-7-4-14-35-25/h2-15,24H,16-17H2,1H3,(H,30,33). The third-order valence-corrected chi connectivity index (χ3v) is 7.55. The van der Waals surface area contributed by atoms with Crippen LogP contribution in [0.5, 0.6) is 0 Å². The number of amides is 2. The van der Waals surface area contributed by atoms with Crippen LogP contribution in [-0.4, -0.2) is 27.7 Å². The van der Waals surface area contributed by atoms with Gasteiger partial charge in [0.1, 0.15) is 11.0 Å². The van der Waals surface area contributed by atoms with E-state index in [2.05, 4.69) is 24.4 Å². The van der Waals surface area contributed by atoms with Crippen LogP contribution >= 0.6 is 11.3 Å². The summed E-state index contributed by atoms with van der Waals surface area (Å²) in [6, 6.07) is 24.5. The van der Waals surface area contributed by atoms with Gasteiger partial charge >= 0.3 is 0 Å². The first kappa shape index (κ1) is 22.2. The summed E-state index contributed by atoms with van der Waals surface area (Å²) in [5.41, 5.74) is 5.97. The van der Waals surface area contributed by atoms with Crippen LogP contribution in [0.15, 0.2) is 89.5 Å². The molecule has 3 aromatic carbocycles. The van der Waals surface area contributed by atoms with Gasteiger partial charge in [-0.15, -0.1) is 11.3 Å². The Labute approximate surface area is 212 Å². The molecule has 1 aliphatic rings. The molecule has 0 saturated heterocycles. The van der Waals surface area contributed by atoms with Gasteiger partial charge in [0.25, 0.3) is 5.91 Å². The summed E-state index contributed by atoms with van der Waals surface area (Å²) in [6.45, 7) is 2.42. The second kappa shape index (κ2) is 9.09. The Kier molecular flexibility index (Phi) is 5.62. The molecule has 2 aromatic heterocycles. The van der Waals surface area contributed by atoms with Crippen molar-refractivity contribution in [3.8, 4) is 10.6 Å². The number of fused-ring (bicyclic) bond motifs is 2. The fraction of sp³-hybridized carbons (Fsp3) is 0.138. The number of anilines is 1. The van der Waals surface area contributed by atoms with Gasteiger partial charge in [0.2, 0.25) is 5.91 Å². The number of aromatic nitrogens is 1. The van der Waals surface area contributed by atoms with Crippen molar-refractivity contribution in [2.45, 2.75) is 25.9 Å². The van der Waals surface area contributed by atoms with Crippen LogP contribution < -0.4 is 5.32 Å². The van der Waals surface area contributed by atoms with Gasteiger partial charge in [0.15, 0.2) is 5.76 Å². The van der Waals surface area contributed by atoms with Gasteiger partial charge in [-0.1, -0.05) is 30.3 Å². The van der Waals surface area contributed by atoms with Crippen LogP contribution in [-0.2, 0) is 17.8 Å². The number of benzene rings is 3. The van der Waals surface area contributed by atoms with E-state index in [1.165, 1.54) is 11.8 Å². The Morgan fingerprint density at radius 2 is 1.81 bits per heavy atom. The molecule has 0 spiro atoms. The van der Waals surface area contributed by atoms with E-state index in [1.54, 1.807) is 28.4 Å². The average Bonchev–Trinajstić information content (AvgIpc) is 3.58. The Bertz CT molecular complexity index is 1570. The molecule has 0 fully saturated rings. The highest BCUT2D eigenvalue weighted by molar-refractivity contribution is 7.21. The van der Waals surface area contributed by atoms with E-state index < -0.39 is 6.04 Å². The number of hydrogen-bond donors (Lipinski definition) is 1. The SMILES string of the molecule is Cc1ccc2nc(-c3ccc(NC(=O)C4Cc5ccccc5CN4C(=O)c4ccco4)cc3)sc2c1. The second-order valence-corrected chi connectivity index (χ2v) is 9.99. The van der Waals surface area contributed by atoms with Crippen molar-refractivity contribution in [2.75, 3.05) is 5.32 Å². The minimum absolute atomic E-state index is 0.225. The normalized spacial score (nSPS) is 15.0. The van der Waals surface area contributed by atoms with Crippen molar-refractivity contribution in [2.24, 2.45) is 0 Å². The van der Waals surface area contributed by atoms with Crippen LogP contribution in [0.25, 0.3) is 20.8 Å². The molecule has 36 heavy (non-hydrogen) atoms. The van der Waals surface area contributed by atoms with Gasteiger partial charge in [-0.05, 0) is 72.1 Å². The molecule has 1 N–H and O–H groups in total. The van der Waals surface area contributed by atoms with E-state index in [0.29, 0.717) is 18.7 Å². The van der Waals surface area contributed by atoms with Crippen molar-refractivity contribution < 1.29 is 14.0 Å². The van der Waals surface area contributed by atoms with E-state index in [1.807, 2.05) is 54.6 Å². The molecule has 1 unspecified atom stereocenters. The lowest BCUT2D eigenvalue weighted by atomic mass is 9.93. The zero-order valence-electron chi connectivity index (χ0n) is 19.6. The molecule has 7 heteroatoms. The quantitative estimate of drug-likeness (QED) is 0.330. The van der Waals surface area contributed by atoms with E-state index in [-0.39, 0.29) is 17.6 Å². The number of nitrogens with zero attached hydrogens (tertiary/aromatic N) is 2. The summed E-state index contributed by atoms with van der Waals surface area (Å²) < 4.78 is 6.49. The second-order valence-electron chi connectivity index (χ2n) is 8.96. The molecule has 0 bridgehead atoms. The monoisotopic (exact) mass is 493 g/mol. The molecule has 0 aliphatic carbocycles. The molecule has 1 atom stereocenters. The molecule has 6 rings (SSSR count). The van der Waals surface area contributed by atoms with Crippen LogP contribution in [0.4, 0.5) is 5.69 Å². The Morgan fingerprint density at radius 1 is 1.00 bits per heavy atom. The Morgan fingerprint density at radius 3 is 2.58 bits per heavy atom. The number of rotatable bonds is 4. The highest BCUT2D eigenvalue weighted by atomic mass is 32.1. The Hall–Kier alpha value is -4.23. The molecule has 1 aliphatic heterocycles. The minimum atomic E-state index is -0.648. The van der Waals surface area contributed by atoms with Gasteiger partial charge in [-0.25, -0.2) is 4.98 Å². The number of hydrogen-bond acceptors (Lipinski definition) is 5. The maximum atomic E-state index is 13.4. The first-order chi connectivity index (χ1) is 17.5. The van der Waals surface area contributed by atoms with E-state index in [9.17, 15) is 9.59 Å². The molecular formula is C29H23N3O3S. The van der Waals surface area contributed by atoms with Gasteiger partial charge in [-0.2, -0.15) is 0 Å². The molecule has 6 nitrogen and oxygen atoms in total. The molecule has 5 aromatic rings. The summed E-state index contributed by atoms with van der Waals surface area (Å²) >= 11 is 1.65. The molecule has 0 saturated carbocycles. The predicted octanol–water partition coefficient (Wildman–Crippen LogP) is 6.07. The van der Waals surface area contributed by atoms with E-state index in [4.69, 9.17) is 9.40 Å². The largest absolute Gasteiger partial charge is 0.459 e. The lowest BCUT2D eigenvalue weighted by Gasteiger charge is -2.35. The molecular weight excluding hydrogens is 470 g/mol. The predicted molar refractivity (Wildman–Crippen MR) is 141 cm³/mol. The summed E-state index contributed by atoms with van der Waals surface area (Å²) in [6.07, 6.45) is 1.91. The van der Waals surface area contributed by atoms with Crippen molar-refractivity contribution in [3.05, 3.63) is 108 Å². The minimum Gasteiger partial charge on any atom is -0.459 e. The molecule has 2 amide bonds. The lowest BCUT2D eigenvalue weighted by Crippen LogP contribution is -2.50. The first-order valence-electron chi connectivity index (χ1n) is 11.7. The molecule has 0 radical (unpaired) electrons. The maximum Gasteiger partial charge on any atom is 0.290 e. The van der Waals surface area contributed by atoms with Gasteiger partial charge in [0, 0.05) is 24.2 Å². The lowest BCUT2D eigenvalue weighted by molar-refractivity contribution is -0.121. The molecule has 3 heterocycles. The smallest absolute Gasteiger partial charge is 0.290 e. The number of aryl methyl sites for hydroxylation is 1. The van der Waals surface area contributed by atoms with Gasteiger partial charge in [-0.3, -0.25) is 9.59 Å². The summed E-state index contributed by atoms with van der Waals surface area (Å²) in [5, 5.41) is 3.94. The van der Waals surface area contributed by atoms with Crippen molar-refractivity contribution in [3.63, 3.8) is 0 Å². The summed E-state index contributed by atoms with van der Waals surface area (Å²) in [7, 11) is 0. The number of carbonyl (C=O) groups is 2. The fourth-order valence-electron chi connectivity index (χ4n) is 4.59. The fourth-order valence-corrected chi connectivity index (χ4v) is 5.66. The highest BCUT2D eigenvalue weighted by Gasteiger charge is 2.36. The van der Waals surface area contributed by atoms with E-state index >= 15 is 0 Å². The number of nitrogens with one attached hydrogen (secondary N) is 1. The topological polar surface area (TPSA) is 75.4 Å². The zero-order chi connectivity index (χ0) is 24.6. The third-order valence-electron chi connectivity index (χ3n) is 6.49. The van der Waals surface area contributed by atoms with Crippen LogP contribution in [0.3, 0.4) is 0 Å². The van der Waals surface area contributed by atoms with Gasteiger partial charge < -0.3 is 14.6 Å². The number of furan rings is 1. The maximum absolute atomic E-state index is 13.4.